The molecule has 1 atom stereocenters. The Balaban J connectivity index is 2.33. The molecule has 1 heterocycles. The molecule has 0 aliphatic carbocycles. The lowest BCUT2D eigenvalue weighted by Gasteiger charge is -2.34. The van der Waals surface area contributed by atoms with E-state index in [1.807, 2.05) is 6.92 Å². The van der Waals surface area contributed by atoms with Crippen LogP contribution in [-0.4, -0.2) is 25.3 Å². The van der Waals surface area contributed by atoms with Crippen LogP contribution in [0.15, 0.2) is 11.1 Å². The summed E-state index contributed by atoms with van der Waals surface area (Å²) in [5.74, 6) is 0. The van der Waals surface area contributed by atoms with Crippen LogP contribution < -0.4 is 5.32 Å². The van der Waals surface area contributed by atoms with Crippen molar-refractivity contribution < 1.29 is 4.74 Å². The van der Waals surface area contributed by atoms with Gasteiger partial charge in [0.1, 0.15) is 0 Å². The van der Waals surface area contributed by atoms with Gasteiger partial charge in [-0.15, -0.1) is 0 Å². The first-order valence-corrected chi connectivity index (χ1v) is 5.20. The standard InChI is InChI=1S/C10H18ClNO/c1-9(6-11)7-13-10(2)4-3-5-12-8-10/h6,12H,3-5,7-8H2,1-2H3. The van der Waals surface area contributed by atoms with Crippen molar-refractivity contribution in [2.45, 2.75) is 32.3 Å². The second-order valence-corrected chi connectivity index (χ2v) is 4.19. The maximum Gasteiger partial charge on any atom is 0.0783 e. The molecule has 0 radical (unpaired) electrons. The minimum Gasteiger partial charge on any atom is -0.370 e. The van der Waals surface area contributed by atoms with Crippen molar-refractivity contribution in [3.8, 4) is 0 Å². The van der Waals surface area contributed by atoms with Crippen LogP contribution in [0.5, 0.6) is 0 Å². The minimum absolute atomic E-state index is 0.000586. The van der Waals surface area contributed by atoms with Crippen molar-refractivity contribution in [1.82, 2.24) is 5.32 Å². The SMILES string of the molecule is CC(=CCl)COC1(C)CCCNC1. The van der Waals surface area contributed by atoms with Crippen molar-refractivity contribution in [3.63, 3.8) is 0 Å². The smallest absolute Gasteiger partial charge is 0.0783 e. The fraction of sp³-hybridized carbons (Fsp3) is 0.800. The molecule has 1 aliphatic heterocycles. The first-order chi connectivity index (χ1) is 6.16. The van der Waals surface area contributed by atoms with Crippen LogP contribution in [0.3, 0.4) is 0 Å². The third-order valence-corrected chi connectivity index (χ3v) is 2.77. The number of rotatable bonds is 3. The lowest BCUT2D eigenvalue weighted by molar-refractivity contribution is -0.0352. The molecule has 13 heavy (non-hydrogen) atoms. The van der Waals surface area contributed by atoms with Gasteiger partial charge in [0, 0.05) is 12.1 Å². The largest absolute Gasteiger partial charge is 0.370 e. The highest BCUT2D eigenvalue weighted by molar-refractivity contribution is 6.25. The molecule has 1 rings (SSSR count). The van der Waals surface area contributed by atoms with Gasteiger partial charge in [0.05, 0.1) is 12.2 Å². The van der Waals surface area contributed by atoms with E-state index in [0.29, 0.717) is 6.61 Å². The van der Waals surface area contributed by atoms with E-state index >= 15 is 0 Å². The highest BCUT2D eigenvalue weighted by atomic mass is 35.5. The molecule has 0 saturated carbocycles. The molecule has 1 fully saturated rings. The molecule has 1 unspecified atom stereocenters. The van der Waals surface area contributed by atoms with Crippen LogP contribution in [-0.2, 0) is 4.74 Å². The Morgan fingerprint density at radius 1 is 1.69 bits per heavy atom. The van der Waals surface area contributed by atoms with Gasteiger partial charge in [0.2, 0.25) is 0 Å². The van der Waals surface area contributed by atoms with Crippen LogP contribution in [0, 0.1) is 0 Å². The van der Waals surface area contributed by atoms with Crippen molar-refractivity contribution in [3.05, 3.63) is 11.1 Å². The number of halogens is 1. The lowest BCUT2D eigenvalue weighted by atomic mass is 9.96. The van der Waals surface area contributed by atoms with Gasteiger partial charge < -0.3 is 10.1 Å². The van der Waals surface area contributed by atoms with Crippen LogP contribution in [0.2, 0.25) is 0 Å². The number of piperidine rings is 1. The molecule has 0 amide bonds. The van der Waals surface area contributed by atoms with Gasteiger partial charge in [-0.25, -0.2) is 0 Å². The van der Waals surface area contributed by atoms with E-state index in [0.717, 1.165) is 25.1 Å². The van der Waals surface area contributed by atoms with E-state index in [4.69, 9.17) is 16.3 Å². The Labute approximate surface area is 85.3 Å². The molecular formula is C10H18ClNO. The number of hydrogen-bond acceptors (Lipinski definition) is 2. The predicted molar refractivity (Wildman–Crippen MR) is 56.1 cm³/mol. The summed E-state index contributed by atoms with van der Waals surface area (Å²) in [7, 11) is 0. The van der Waals surface area contributed by atoms with Crippen molar-refractivity contribution >= 4 is 11.6 Å². The number of nitrogens with one attached hydrogen (secondary N) is 1. The molecule has 76 valence electrons. The van der Waals surface area contributed by atoms with Gasteiger partial charge in [0.15, 0.2) is 0 Å². The summed E-state index contributed by atoms with van der Waals surface area (Å²) in [6, 6.07) is 0. The molecular weight excluding hydrogens is 186 g/mol. The Hall–Kier alpha value is -0.0500. The number of hydrogen-bond donors (Lipinski definition) is 1. The second-order valence-electron chi connectivity index (χ2n) is 3.97. The Morgan fingerprint density at radius 3 is 3.00 bits per heavy atom. The van der Waals surface area contributed by atoms with Gasteiger partial charge in [-0.1, -0.05) is 11.6 Å². The Morgan fingerprint density at radius 2 is 2.46 bits per heavy atom. The molecule has 0 spiro atoms. The third kappa shape index (κ3) is 3.67. The maximum absolute atomic E-state index is 5.81. The van der Waals surface area contributed by atoms with Gasteiger partial charge in [-0.05, 0) is 38.8 Å². The molecule has 0 aromatic carbocycles. The van der Waals surface area contributed by atoms with Crippen molar-refractivity contribution in [1.29, 1.82) is 0 Å². The zero-order chi connectivity index (χ0) is 9.73. The van der Waals surface area contributed by atoms with Crippen molar-refractivity contribution in [2.24, 2.45) is 0 Å². The first kappa shape index (κ1) is 11.0. The van der Waals surface area contributed by atoms with Gasteiger partial charge in [0.25, 0.3) is 0 Å². The van der Waals surface area contributed by atoms with Crippen molar-refractivity contribution in [2.75, 3.05) is 19.7 Å². The highest BCUT2D eigenvalue weighted by Crippen LogP contribution is 2.20. The fourth-order valence-electron chi connectivity index (χ4n) is 1.47. The fourth-order valence-corrected chi connectivity index (χ4v) is 1.53. The predicted octanol–water partition coefficient (Wildman–Crippen LogP) is 2.29. The van der Waals surface area contributed by atoms with Crippen LogP contribution in [0.25, 0.3) is 0 Å². The zero-order valence-corrected chi connectivity index (χ0v) is 9.16. The van der Waals surface area contributed by atoms with E-state index in [-0.39, 0.29) is 5.60 Å². The van der Waals surface area contributed by atoms with E-state index in [2.05, 4.69) is 12.2 Å². The average Bonchev–Trinajstić information content (AvgIpc) is 2.15. The second kappa shape index (κ2) is 4.99. The van der Waals surface area contributed by atoms with Crippen LogP contribution >= 0.6 is 11.6 Å². The molecule has 3 heteroatoms. The summed E-state index contributed by atoms with van der Waals surface area (Å²) in [4.78, 5) is 0. The normalized spacial score (nSPS) is 30.5. The molecule has 1 saturated heterocycles. The van der Waals surface area contributed by atoms with Crippen LogP contribution in [0.4, 0.5) is 0 Å². The van der Waals surface area contributed by atoms with E-state index in [1.165, 1.54) is 6.42 Å². The Bertz CT molecular complexity index is 185. The molecule has 0 bridgehead atoms. The lowest BCUT2D eigenvalue weighted by Crippen LogP contribution is -2.45. The molecule has 0 aromatic heterocycles. The molecule has 1 aliphatic rings. The summed E-state index contributed by atoms with van der Waals surface area (Å²) < 4.78 is 5.81. The summed E-state index contributed by atoms with van der Waals surface area (Å²) >= 11 is 5.56. The average molecular weight is 204 g/mol. The Kier molecular flexibility index (Phi) is 4.23. The van der Waals surface area contributed by atoms with E-state index in [1.54, 1.807) is 5.54 Å². The van der Waals surface area contributed by atoms with Gasteiger partial charge in [-0.2, -0.15) is 0 Å². The number of ether oxygens (including phenoxy) is 1. The van der Waals surface area contributed by atoms with E-state index in [9.17, 15) is 0 Å². The van der Waals surface area contributed by atoms with E-state index < -0.39 is 0 Å². The summed E-state index contributed by atoms with van der Waals surface area (Å²) in [5.41, 5.74) is 2.66. The highest BCUT2D eigenvalue weighted by Gasteiger charge is 2.27. The summed E-state index contributed by atoms with van der Waals surface area (Å²) in [6.07, 6.45) is 2.33. The van der Waals surface area contributed by atoms with Crippen LogP contribution in [0.1, 0.15) is 26.7 Å². The monoisotopic (exact) mass is 203 g/mol. The van der Waals surface area contributed by atoms with Gasteiger partial charge >= 0.3 is 0 Å². The topological polar surface area (TPSA) is 21.3 Å². The zero-order valence-electron chi connectivity index (χ0n) is 8.40. The summed E-state index contributed by atoms with van der Waals surface area (Å²) in [5, 5.41) is 3.34. The quantitative estimate of drug-likeness (QED) is 0.760. The molecule has 1 N–H and O–H groups in total. The maximum atomic E-state index is 5.81. The molecule has 2 nitrogen and oxygen atoms in total. The third-order valence-electron chi connectivity index (χ3n) is 2.39. The minimum atomic E-state index is -0.000586. The van der Waals surface area contributed by atoms with Gasteiger partial charge in [-0.3, -0.25) is 0 Å². The summed E-state index contributed by atoms with van der Waals surface area (Å²) in [6.45, 7) is 6.83. The first-order valence-electron chi connectivity index (χ1n) is 4.77. The molecule has 0 aromatic rings.